The third-order valence-electron chi connectivity index (χ3n) is 7.67. The number of nitrogens with zero attached hydrogens (tertiary/aromatic N) is 3. The molecule has 0 aromatic heterocycles. The van der Waals surface area contributed by atoms with E-state index in [1.165, 1.54) is 26.3 Å². The van der Waals surface area contributed by atoms with Crippen LogP contribution in [-0.2, 0) is 4.79 Å². The lowest BCUT2D eigenvalue weighted by Crippen LogP contribution is -2.27. The Balaban J connectivity index is 1.51. The molecule has 3 aromatic rings. The number of ether oxygens (including phenoxy) is 3. The second-order valence-corrected chi connectivity index (χ2v) is 11.0. The van der Waals surface area contributed by atoms with Crippen LogP contribution in [0.5, 0.6) is 17.2 Å². The fourth-order valence-corrected chi connectivity index (χ4v) is 6.09. The van der Waals surface area contributed by atoms with Crippen LogP contribution in [0.4, 0.5) is 0 Å². The highest BCUT2D eigenvalue weighted by molar-refractivity contribution is 9.11. The molecule has 0 bridgehead atoms. The average molecular weight is 639 g/mol. The number of benzene rings is 3. The maximum atomic E-state index is 14.2. The maximum absolute atomic E-state index is 14.2. The van der Waals surface area contributed by atoms with Gasteiger partial charge in [0.05, 0.1) is 44.4 Å². The topological polar surface area (TPSA) is 89.8 Å². The first kappa shape index (κ1) is 28.4. The van der Waals surface area contributed by atoms with Gasteiger partial charge in [-0.25, -0.2) is 10.0 Å². The number of rotatable bonds is 7. The number of dihydropyridines is 1. The molecule has 0 saturated carbocycles. The van der Waals surface area contributed by atoms with Gasteiger partial charge in [-0.3, -0.25) is 9.59 Å². The van der Waals surface area contributed by atoms with E-state index in [9.17, 15) is 9.59 Å². The molecule has 2 heterocycles. The molecule has 2 aliphatic heterocycles. The van der Waals surface area contributed by atoms with Crippen LogP contribution >= 0.6 is 15.9 Å². The number of carbonyl (C=O) groups excluding carboxylic acids is 2. The Morgan fingerprint density at radius 2 is 1.56 bits per heavy atom. The summed E-state index contributed by atoms with van der Waals surface area (Å²) < 4.78 is 17.4. The fraction of sp³-hybridized carbons (Fsp3) is 0.176. The Kier molecular flexibility index (Phi) is 7.82. The van der Waals surface area contributed by atoms with E-state index in [0.717, 1.165) is 21.2 Å². The molecular weight excluding hydrogens is 610 g/mol. The van der Waals surface area contributed by atoms with Crippen molar-refractivity contribution < 1.29 is 23.8 Å². The van der Waals surface area contributed by atoms with Crippen LogP contribution < -0.4 is 14.2 Å². The second-order valence-electron chi connectivity index (χ2n) is 10.1. The number of methoxy groups -OCH3 is 3. The molecule has 0 saturated heterocycles. The van der Waals surface area contributed by atoms with Crippen molar-refractivity contribution in [3.8, 4) is 17.2 Å². The number of fused-ring (bicyclic) bond motifs is 1. The largest absolute Gasteiger partial charge is 0.493 e. The summed E-state index contributed by atoms with van der Waals surface area (Å²) in [6.45, 7) is 0. The zero-order valence-electron chi connectivity index (χ0n) is 23.8. The van der Waals surface area contributed by atoms with Crippen LogP contribution in [0.2, 0.25) is 0 Å². The van der Waals surface area contributed by atoms with Crippen molar-refractivity contribution in [3.63, 3.8) is 0 Å². The van der Waals surface area contributed by atoms with Gasteiger partial charge in [0, 0.05) is 22.4 Å². The molecule has 9 heteroatoms. The Labute approximate surface area is 257 Å². The first-order valence-corrected chi connectivity index (χ1v) is 14.5. The van der Waals surface area contributed by atoms with Gasteiger partial charge in [0.25, 0.3) is 11.8 Å². The highest BCUT2D eigenvalue weighted by Crippen LogP contribution is 2.43. The van der Waals surface area contributed by atoms with Gasteiger partial charge in [-0.2, -0.15) is 5.10 Å². The van der Waals surface area contributed by atoms with Crippen LogP contribution in [-0.4, -0.2) is 49.6 Å². The number of hydrogen-bond donors (Lipinski definition) is 0. The van der Waals surface area contributed by atoms with E-state index in [-0.39, 0.29) is 17.7 Å². The van der Waals surface area contributed by atoms with Crippen LogP contribution in [0.1, 0.15) is 33.9 Å². The van der Waals surface area contributed by atoms with Gasteiger partial charge in [-0.15, -0.1) is 0 Å². The summed E-state index contributed by atoms with van der Waals surface area (Å²) in [5, 5.41) is 6.32. The third-order valence-corrected chi connectivity index (χ3v) is 8.20. The number of amides is 2. The molecule has 0 spiro atoms. The van der Waals surface area contributed by atoms with Gasteiger partial charge in [0.1, 0.15) is 0 Å². The molecule has 1 aliphatic carbocycles. The van der Waals surface area contributed by atoms with Crippen molar-refractivity contribution in [2.24, 2.45) is 16.0 Å². The molecular formula is C34H28BrN3O5. The fourth-order valence-electron chi connectivity index (χ4n) is 5.69. The van der Waals surface area contributed by atoms with E-state index in [0.29, 0.717) is 46.2 Å². The summed E-state index contributed by atoms with van der Waals surface area (Å²) in [5.74, 6) is 0.0743. The smallest absolute Gasteiger partial charge is 0.279 e. The Bertz CT molecular complexity index is 1730. The zero-order chi connectivity index (χ0) is 30.1. The van der Waals surface area contributed by atoms with Gasteiger partial charge < -0.3 is 14.2 Å². The van der Waals surface area contributed by atoms with Gasteiger partial charge in [0.15, 0.2) is 11.5 Å². The molecule has 2 atom stereocenters. The van der Waals surface area contributed by atoms with E-state index < -0.39 is 6.04 Å². The van der Waals surface area contributed by atoms with E-state index in [1.807, 2.05) is 78.9 Å². The van der Waals surface area contributed by atoms with Crippen molar-refractivity contribution in [1.82, 2.24) is 5.01 Å². The molecule has 0 N–H and O–H groups in total. The van der Waals surface area contributed by atoms with Crippen LogP contribution in [0.15, 0.2) is 111 Å². The summed E-state index contributed by atoms with van der Waals surface area (Å²) >= 11 is 3.60. The lowest BCUT2D eigenvalue weighted by Gasteiger charge is -2.27. The molecule has 2 amide bonds. The van der Waals surface area contributed by atoms with E-state index >= 15 is 0 Å². The lowest BCUT2D eigenvalue weighted by molar-refractivity contribution is -0.113. The Morgan fingerprint density at radius 1 is 0.907 bits per heavy atom. The summed E-state index contributed by atoms with van der Waals surface area (Å²) in [5.41, 5.74) is 4.47. The molecule has 6 rings (SSSR count). The first-order valence-electron chi connectivity index (χ1n) is 13.7. The minimum Gasteiger partial charge on any atom is -0.493 e. The number of allylic oxidation sites excluding steroid dienone is 5. The molecule has 3 aliphatic rings. The quantitative estimate of drug-likeness (QED) is 0.293. The van der Waals surface area contributed by atoms with E-state index in [2.05, 4.69) is 20.9 Å². The summed E-state index contributed by atoms with van der Waals surface area (Å²) in [6, 6.07) is 22.2. The molecule has 3 aromatic carbocycles. The number of carbonyl (C=O) groups is 2. The second kappa shape index (κ2) is 11.9. The number of aliphatic imine (C=N–C) groups is 1. The van der Waals surface area contributed by atoms with Crippen LogP contribution in [0, 0.1) is 5.92 Å². The number of hydrogen-bond acceptors (Lipinski definition) is 6. The maximum Gasteiger partial charge on any atom is 0.279 e. The van der Waals surface area contributed by atoms with Crippen molar-refractivity contribution in [2.75, 3.05) is 21.3 Å². The van der Waals surface area contributed by atoms with E-state index in [4.69, 9.17) is 19.3 Å². The predicted octanol–water partition coefficient (Wildman–Crippen LogP) is 6.56. The van der Waals surface area contributed by atoms with Crippen molar-refractivity contribution >= 4 is 44.7 Å². The first-order chi connectivity index (χ1) is 20.9. The Morgan fingerprint density at radius 3 is 2.19 bits per heavy atom. The third kappa shape index (κ3) is 5.21. The summed E-state index contributed by atoms with van der Waals surface area (Å²) in [4.78, 5) is 32.5. The lowest BCUT2D eigenvalue weighted by atomic mass is 9.79. The van der Waals surface area contributed by atoms with Crippen LogP contribution in [0.3, 0.4) is 0 Å². The SMILES string of the molecule is COc1cc(C(=O)N2N=C(C3=C(c4ccccc4)C4C=C(Br)C=CC4=NC3=O)CC2c2ccccc2)cc(OC)c1OC. The van der Waals surface area contributed by atoms with Gasteiger partial charge in [0.2, 0.25) is 5.75 Å². The normalized spacial score (nSPS) is 19.4. The van der Waals surface area contributed by atoms with Gasteiger partial charge in [-0.1, -0.05) is 82.7 Å². The minimum absolute atomic E-state index is 0.257. The zero-order valence-corrected chi connectivity index (χ0v) is 25.4. The minimum atomic E-state index is -0.459. The highest BCUT2D eigenvalue weighted by atomic mass is 79.9. The van der Waals surface area contributed by atoms with Gasteiger partial charge >= 0.3 is 0 Å². The predicted molar refractivity (Wildman–Crippen MR) is 169 cm³/mol. The van der Waals surface area contributed by atoms with Crippen molar-refractivity contribution in [1.29, 1.82) is 0 Å². The average Bonchev–Trinajstić information content (AvgIpc) is 3.49. The number of hydrazone groups is 1. The molecule has 0 fully saturated rings. The molecule has 2 unspecified atom stereocenters. The molecule has 216 valence electrons. The molecule has 43 heavy (non-hydrogen) atoms. The number of halogens is 1. The van der Waals surface area contributed by atoms with Crippen molar-refractivity contribution in [2.45, 2.75) is 12.5 Å². The Hall–Kier alpha value is -4.76. The monoisotopic (exact) mass is 637 g/mol. The van der Waals surface area contributed by atoms with Crippen LogP contribution in [0.25, 0.3) is 5.57 Å². The summed E-state index contributed by atoms with van der Waals surface area (Å²) in [6.07, 6.45) is 6.11. The van der Waals surface area contributed by atoms with E-state index in [1.54, 1.807) is 12.1 Å². The van der Waals surface area contributed by atoms with Crippen molar-refractivity contribution in [3.05, 3.63) is 118 Å². The standard InChI is InChI=1S/C34H28BrN3O5/c1-41-28-16-22(17-29(42-2)32(28)43-3)34(40)38-27(20-10-6-4-7-11-20)19-26(37-38)31-30(21-12-8-5-9-13-21)24-18-23(35)14-15-25(24)36-33(31)39/h4-18,24,27H,19H2,1-3H3. The van der Waals surface area contributed by atoms with Gasteiger partial charge in [-0.05, 0) is 41.0 Å². The summed E-state index contributed by atoms with van der Waals surface area (Å²) in [7, 11) is 4.50. The highest BCUT2D eigenvalue weighted by Gasteiger charge is 2.40. The molecule has 8 nitrogen and oxygen atoms in total. The molecule has 0 radical (unpaired) electrons.